The Hall–Kier alpha value is -1.30. The Labute approximate surface area is 96.5 Å². The van der Waals surface area contributed by atoms with Crippen LogP contribution in [0.4, 0.5) is 9.59 Å². The third-order valence-corrected chi connectivity index (χ3v) is 1.84. The largest absolute Gasteiger partial charge is 0.518 e. The van der Waals surface area contributed by atoms with E-state index in [1.165, 1.54) is 19.6 Å². The molecule has 0 radical (unpaired) electrons. The van der Waals surface area contributed by atoms with Crippen LogP contribution in [0.2, 0.25) is 0 Å². The molecule has 0 saturated heterocycles. The van der Waals surface area contributed by atoms with Gasteiger partial charge in [0.2, 0.25) is 0 Å². The first-order chi connectivity index (χ1) is 7.55. The third-order valence-electron chi connectivity index (χ3n) is 1.84. The van der Waals surface area contributed by atoms with Crippen LogP contribution in [0.15, 0.2) is 0 Å². The minimum atomic E-state index is -1.08. The first kappa shape index (κ1) is 17.1. The number of methoxy groups -OCH3 is 2. The minimum Gasteiger partial charge on any atom is -0.437 e. The molecule has 0 saturated carbocycles. The summed E-state index contributed by atoms with van der Waals surface area (Å²) in [7, 11) is 2.18. The maximum atomic E-state index is 10.0. The van der Waals surface area contributed by atoms with Crippen molar-refractivity contribution in [1.82, 2.24) is 4.90 Å². The zero-order valence-electron chi connectivity index (χ0n) is 10.6. The van der Waals surface area contributed by atoms with E-state index in [1.807, 2.05) is 0 Å². The molecule has 0 spiro atoms. The number of hydrogen-bond acceptors (Lipinski definition) is 6. The average Bonchev–Trinajstić information content (AvgIpc) is 2.31. The van der Waals surface area contributed by atoms with E-state index >= 15 is 0 Å². The number of hydrogen-bond donors (Lipinski definition) is 0. The lowest BCUT2D eigenvalue weighted by Crippen LogP contribution is -2.21. The van der Waals surface area contributed by atoms with Crippen molar-refractivity contribution in [1.29, 1.82) is 0 Å². The van der Waals surface area contributed by atoms with Gasteiger partial charge in [-0.3, -0.25) is 0 Å². The molecular weight excluding hydrogens is 214 g/mol. The zero-order chi connectivity index (χ0) is 13.0. The van der Waals surface area contributed by atoms with Crippen LogP contribution < -0.4 is 0 Å². The molecule has 0 atom stereocenters. The summed E-state index contributed by atoms with van der Waals surface area (Å²) >= 11 is 0. The lowest BCUT2D eigenvalue weighted by Gasteiger charge is -2.13. The van der Waals surface area contributed by atoms with E-state index in [9.17, 15) is 9.59 Å². The SMILES string of the molecule is CCN(CC)CC.COC(=O)OC(=O)OC. The van der Waals surface area contributed by atoms with Gasteiger partial charge in [-0.25, -0.2) is 9.59 Å². The van der Waals surface area contributed by atoms with Gasteiger partial charge >= 0.3 is 12.3 Å². The summed E-state index contributed by atoms with van der Waals surface area (Å²) in [4.78, 5) is 22.4. The van der Waals surface area contributed by atoms with E-state index < -0.39 is 12.3 Å². The fourth-order valence-corrected chi connectivity index (χ4v) is 0.822. The maximum absolute atomic E-state index is 10.0. The van der Waals surface area contributed by atoms with Crippen LogP contribution >= 0.6 is 0 Å². The van der Waals surface area contributed by atoms with Gasteiger partial charge in [0.05, 0.1) is 14.2 Å². The smallest absolute Gasteiger partial charge is 0.437 e. The van der Waals surface area contributed by atoms with Crippen molar-refractivity contribution in [3.05, 3.63) is 0 Å². The molecule has 0 N–H and O–H groups in total. The summed E-state index contributed by atoms with van der Waals surface area (Å²) < 4.78 is 11.7. The summed E-state index contributed by atoms with van der Waals surface area (Å²) in [6.45, 7) is 10.1. The molecule has 16 heavy (non-hydrogen) atoms. The normalized spacial score (nSPS) is 8.88. The highest BCUT2D eigenvalue weighted by molar-refractivity contribution is 5.76. The highest BCUT2D eigenvalue weighted by Crippen LogP contribution is 1.85. The summed E-state index contributed by atoms with van der Waals surface area (Å²) in [6.07, 6.45) is -2.16. The molecule has 0 fully saturated rings. The Kier molecular flexibility index (Phi) is 12.6. The van der Waals surface area contributed by atoms with Crippen molar-refractivity contribution in [2.45, 2.75) is 20.8 Å². The molecule has 0 aliphatic rings. The number of carbonyl (C=O) groups is 2. The Morgan fingerprint density at radius 3 is 1.31 bits per heavy atom. The third kappa shape index (κ3) is 10.8. The average molecular weight is 235 g/mol. The number of ether oxygens (including phenoxy) is 3. The second-order valence-electron chi connectivity index (χ2n) is 2.63. The molecule has 96 valence electrons. The molecule has 0 aromatic rings. The predicted molar refractivity (Wildman–Crippen MR) is 59.4 cm³/mol. The summed E-state index contributed by atoms with van der Waals surface area (Å²) in [5, 5.41) is 0. The van der Waals surface area contributed by atoms with Crippen molar-refractivity contribution in [2.75, 3.05) is 33.9 Å². The van der Waals surface area contributed by atoms with Gasteiger partial charge in [0.1, 0.15) is 0 Å². The Morgan fingerprint density at radius 2 is 1.19 bits per heavy atom. The first-order valence-electron chi connectivity index (χ1n) is 5.11. The maximum Gasteiger partial charge on any atom is 0.518 e. The van der Waals surface area contributed by atoms with Gasteiger partial charge in [0.25, 0.3) is 0 Å². The Morgan fingerprint density at radius 1 is 0.875 bits per heavy atom. The van der Waals surface area contributed by atoms with Crippen molar-refractivity contribution in [2.24, 2.45) is 0 Å². The van der Waals surface area contributed by atoms with Gasteiger partial charge in [-0.1, -0.05) is 20.8 Å². The van der Waals surface area contributed by atoms with Crippen LogP contribution in [-0.2, 0) is 14.2 Å². The molecule has 0 aliphatic heterocycles. The molecule has 0 unspecified atom stereocenters. The molecule has 0 rings (SSSR count). The Bertz CT molecular complexity index is 172. The van der Waals surface area contributed by atoms with Crippen LogP contribution in [-0.4, -0.2) is 51.1 Å². The van der Waals surface area contributed by atoms with Gasteiger partial charge in [-0.15, -0.1) is 0 Å². The molecule has 0 heterocycles. The van der Waals surface area contributed by atoms with Gasteiger partial charge in [-0.2, -0.15) is 0 Å². The fourth-order valence-electron chi connectivity index (χ4n) is 0.822. The van der Waals surface area contributed by atoms with Gasteiger partial charge in [-0.05, 0) is 19.6 Å². The second-order valence-corrected chi connectivity index (χ2v) is 2.63. The zero-order valence-corrected chi connectivity index (χ0v) is 10.6. The van der Waals surface area contributed by atoms with Gasteiger partial charge < -0.3 is 19.1 Å². The van der Waals surface area contributed by atoms with E-state index in [-0.39, 0.29) is 0 Å². The molecule has 6 heteroatoms. The van der Waals surface area contributed by atoms with E-state index in [0.717, 1.165) is 14.2 Å². The number of rotatable bonds is 3. The van der Waals surface area contributed by atoms with Crippen LogP contribution in [0.3, 0.4) is 0 Å². The van der Waals surface area contributed by atoms with Crippen molar-refractivity contribution in [3.8, 4) is 0 Å². The monoisotopic (exact) mass is 235 g/mol. The van der Waals surface area contributed by atoms with Crippen LogP contribution in [0.5, 0.6) is 0 Å². The molecule has 0 bridgehead atoms. The predicted octanol–water partition coefficient (Wildman–Crippen LogP) is 1.88. The second kappa shape index (κ2) is 11.8. The van der Waals surface area contributed by atoms with Crippen LogP contribution in [0.25, 0.3) is 0 Å². The minimum absolute atomic E-state index is 1.08. The first-order valence-corrected chi connectivity index (χ1v) is 5.11. The van der Waals surface area contributed by atoms with Crippen LogP contribution in [0, 0.1) is 0 Å². The lowest BCUT2D eigenvalue weighted by atomic mass is 10.5. The molecule has 0 aromatic carbocycles. The molecule has 0 aromatic heterocycles. The highest BCUT2D eigenvalue weighted by Gasteiger charge is 2.07. The van der Waals surface area contributed by atoms with Crippen molar-refractivity contribution in [3.63, 3.8) is 0 Å². The highest BCUT2D eigenvalue weighted by atomic mass is 16.8. The standard InChI is InChI=1S/C6H15N.C4H6O5/c1-4-7(5-2)6-3;1-7-3(5)9-4(6)8-2/h4-6H2,1-3H3;1-2H3. The molecule has 6 nitrogen and oxygen atoms in total. The van der Waals surface area contributed by atoms with E-state index in [0.29, 0.717) is 0 Å². The summed E-state index contributed by atoms with van der Waals surface area (Å²) in [5.74, 6) is 0. The van der Waals surface area contributed by atoms with E-state index in [4.69, 9.17) is 0 Å². The van der Waals surface area contributed by atoms with Crippen molar-refractivity contribution < 1.29 is 23.8 Å². The summed E-state index contributed by atoms with van der Waals surface area (Å²) in [5.41, 5.74) is 0. The van der Waals surface area contributed by atoms with Crippen LogP contribution in [0.1, 0.15) is 20.8 Å². The van der Waals surface area contributed by atoms with Gasteiger partial charge in [0, 0.05) is 0 Å². The summed E-state index contributed by atoms with van der Waals surface area (Å²) in [6, 6.07) is 0. The number of nitrogens with zero attached hydrogens (tertiary/aromatic N) is 1. The number of carbonyl (C=O) groups excluding carboxylic acids is 2. The van der Waals surface area contributed by atoms with E-state index in [1.54, 1.807) is 0 Å². The lowest BCUT2D eigenvalue weighted by molar-refractivity contribution is 0.0568. The molecular formula is C10H21NO5. The topological polar surface area (TPSA) is 65.1 Å². The molecule has 0 amide bonds. The molecule has 0 aliphatic carbocycles. The quantitative estimate of drug-likeness (QED) is 0.549. The van der Waals surface area contributed by atoms with Gasteiger partial charge in [0.15, 0.2) is 0 Å². The van der Waals surface area contributed by atoms with Crippen molar-refractivity contribution >= 4 is 12.3 Å². The van der Waals surface area contributed by atoms with E-state index in [2.05, 4.69) is 39.9 Å². The Balaban J connectivity index is 0. The fraction of sp³-hybridized carbons (Fsp3) is 0.800.